The number of hydrogen-bond acceptors (Lipinski definition) is 2. The third-order valence-electron chi connectivity index (χ3n) is 5.60. The van der Waals surface area contributed by atoms with E-state index >= 15 is 0 Å². The van der Waals surface area contributed by atoms with Crippen molar-refractivity contribution in [1.82, 2.24) is 0 Å². The molecule has 0 aromatic rings. The molecule has 0 saturated carbocycles. The lowest BCUT2D eigenvalue weighted by Crippen LogP contribution is -2.58. The van der Waals surface area contributed by atoms with Crippen molar-refractivity contribution < 1.29 is 9.47 Å². The topological polar surface area (TPSA) is 18.5 Å². The second kappa shape index (κ2) is 6.90. The van der Waals surface area contributed by atoms with Crippen LogP contribution in [0.2, 0.25) is 19.6 Å². The summed E-state index contributed by atoms with van der Waals surface area (Å²) < 4.78 is 12.8. The predicted octanol–water partition coefficient (Wildman–Crippen LogP) is 3.40. The molecule has 2 nitrogen and oxygen atoms in total. The molecule has 0 amide bonds. The van der Waals surface area contributed by atoms with Crippen molar-refractivity contribution in [3.05, 3.63) is 12.3 Å². The first-order chi connectivity index (χ1) is 9.55. The molecule has 0 radical (unpaired) electrons. The van der Waals surface area contributed by atoms with Crippen LogP contribution in [0.4, 0.5) is 0 Å². The van der Waals surface area contributed by atoms with Gasteiger partial charge in [0.15, 0.2) is 0 Å². The maximum atomic E-state index is 6.43. The average molecular weight is 313 g/mol. The van der Waals surface area contributed by atoms with Gasteiger partial charge < -0.3 is 9.47 Å². The summed E-state index contributed by atoms with van der Waals surface area (Å²) in [4.78, 5) is 0. The third-order valence-corrected chi connectivity index (χ3v) is 11.4. The van der Waals surface area contributed by atoms with Crippen molar-refractivity contribution in [2.24, 2.45) is 0 Å². The fourth-order valence-corrected chi connectivity index (χ4v) is 8.29. The van der Waals surface area contributed by atoms with Crippen LogP contribution in [0.1, 0.15) is 44.9 Å². The van der Waals surface area contributed by atoms with E-state index in [1.807, 2.05) is 0 Å². The molecule has 0 N–H and O–H groups in total. The highest BCUT2D eigenvalue weighted by Gasteiger charge is 2.48. The summed E-state index contributed by atoms with van der Waals surface area (Å²) in [6.45, 7) is 13.3. The van der Waals surface area contributed by atoms with E-state index in [9.17, 15) is 0 Å². The van der Waals surface area contributed by atoms with Gasteiger partial charge in [0.2, 0.25) is 0 Å². The van der Waals surface area contributed by atoms with Crippen LogP contribution in [0.5, 0.6) is 0 Å². The zero-order valence-electron chi connectivity index (χ0n) is 13.6. The SMILES string of the molecule is C=C[SiH](C)C1(CC2([SiH](C)C)CCCCO2)CCCCO1. The van der Waals surface area contributed by atoms with Crippen LogP contribution in [0.3, 0.4) is 0 Å². The van der Waals surface area contributed by atoms with E-state index in [-0.39, 0.29) is 10.4 Å². The molecule has 0 aromatic carbocycles. The number of rotatable bonds is 5. The van der Waals surface area contributed by atoms with Gasteiger partial charge in [-0.3, -0.25) is 0 Å². The van der Waals surface area contributed by atoms with Gasteiger partial charge in [0, 0.05) is 13.2 Å². The van der Waals surface area contributed by atoms with Gasteiger partial charge in [0.05, 0.1) is 28.0 Å². The lowest BCUT2D eigenvalue weighted by molar-refractivity contribution is -0.0968. The molecule has 0 aliphatic carbocycles. The Kier molecular flexibility index (Phi) is 5.68. The zero-order valence-corrected chi connectivity index (χ0v) is 15.9. The standard InChI is InChI=1S/C16H32O2Si2/c1-5-20(4)16(11-7-9-13-18-16)14-15(19(2)3)10-6-8-12-17-15/h5,19-20H,1,6-14H2,2-4H3. The fourth-order valence-electron chi connectivity index (χ4n) is 3.93. The van der Waals surface area contributed by atoms with Gasteiger partial charge in [-0.15, -0.1) is 12.3 Å². The summed E-state index contributed by atoms with van der Waals surface area (Å²) in [5.74, 6) is 0. The summed E-state index contributed by atoms with van der Waals surface area (Å²) in [7, 11) is -1.94. The zero-order chi connectivity index (χ0) is 14.6. The van der Waals surface area contributed by atoms with Crippen LogP contribution in [0, 0.1) is 0 Å². The maximum absolute atomic E-state index is 6.43. The van der Waals surface area contributed by atoms with E-state index in [0.717, 1.165) is 19.6 Å². The first-order valence-corrected chi connectivity index (χ1v) is 13.7. The predicted molar refractivity (Wildman–Crippen MR) is 91.8 cm³/mol. The van der Waals surface area contributed by atoms with E-state index in [1.54, 1.807) is 0 Å². The van der Waals surface area contributed by atoms with Gasteiger partial charge in [-0.25, -0.2) is 0 Å². The lowest BCUT2D eigenvalue weighted by Gasteiger charge is -2.50. The molecule has 4 heteroatoms. The van der Waals surface area contributed by atoms with Crippen LogP contribution < -0.4 is 0 Å². The molecular formula is C16H32O2Si2. The van der Waals surface area contributed by atoms with Crippen molar-refractivity contribution >= 4 is 17.6 Å². The summed E-state index contributed by atoms with van der Waals surface area (Å²) in [5.41, 5.74) is 2.23. The van der Waals surface area contributed by atoms with E-state index < -0.39 is 17.6 Å². The minimum Gasteiger partial charge on any atom is -0.379 e. The van der Waals surface area contributed by atoms with E-state index in [2.05, 4.69) is 31.9 Å². The Labute approximate surface area is 128 Å². The smallest absolute Gasteiger partial charge is 0.0953 e. The van der Waals surface area contributed by atoms with Crippen molar-refractivity contribution in [3.8, 4) is 0 Å². The van der Waals surface area contributed by atoms with Crippen LogP contribution in [0.15, 0.2) is 12.3 Å². The van der Waals surface area contributed by atoms with Crippen LogP contribution >= 0.6 is 0 Å². The molecule has 2 aliphatic rings. The van der Waals surface area contributed by atoms with E-state index in [1.165, 1.54) is 38.5 Å². The minimum absolute atomic E-state index is 0.120. The van der Waals surface area contributed by atoms with Crippen LogP contribution in [-0.2, 0) is 9.47 Å². The Morgan fingerprint density at radius 1 is 0.950 bits per heavy atom. The summed E-state index contributed by atoms with van der Waals surface area (Å²) in [5, 5.41) is 0.300. The second-order valence-corrected chi connectivity index (χ2v) is 13.6. The Hall–Kier alpha value is 0.0938. The molecule has 2 heterocycles. The van der Waals surface area contributed by atoms with Crippen molar-refractivity contribution in [2.75, 3.05) is 13.2 Å². The van der Waals surface area contributed by atoms with Gasteiger partial charge in [-0.1, -0.05) is 19.6 Å². The number of hydrogen-bond donors (Lipinski definition) is 0. The van der Waals surface area contributed by atoms with Crippen molar-refractivity contribution in [2.45, 2.75) is 75.0 Å². The minimum atomic E-state index is -1.07. The van der Waals surface area contributed by atoms with E-state index in [4.69, 9.17) is 9.47 Å². The quantitative estimate of drug-likeness (QED) is 0.724. The highest BCUT2D eigenvalue weighted by atomic mass is 28.3. The van der Waals surface area contributed by atoms with Crippen LogP contribution in [-0.4, -0.2) is 41.3 Å². The second-order valence-electron chi connectivity index (χ2n) is 7.10. The van der Waals surface area contributed by atoms with Crippen LogP contribution in [0.25, 0.3) is 0 Å². The summed E-state index contributed by atoms with van der Waals surface area (Å²) >= 11 is 0. The highest BCUT2D eigenvalue weighted by molar-refractivity contribution is 6.66. The maximum Gasteiger partial charge on any atom is 0.0953 e. The first kappa shape index (κ1) is 16.5. The van der Waals surface area contributed by atoms with Gasteiger partial charge in [0.1, 0.15) is 0 Å². The fraction of sp³-hybridized carbons (Fsp3) is 0.875. The molecule has 2 rings (SSSR count). The molecule has 2 fully saturated rings. The highest BCUT2D eigenvalue weighted by Crippen LogP contribution is 2.41. The summed E-state index contributed by atoms with van der Waals surface area (Å²) in [6.07, 6.45) is 8.78. The molecule has 0 spiro atoms. The molecule has 0 aromatic heterocycles. The molecule has 20 heavy (non-hydrogen) atoms. The van der Waals surface area contributed by atoms with Gasteiger partial charge in [-0.05, 0) is 44.9 Å². The molecule has 0 bridgehead atoms. The molecule has 2 saturated heterocycles. The molecule has 3 unspecified atom stereocenters. The Morgan fingerprint density at radius 3 is 1.90 bits per heavy atom. The van der Waals surface area contributed by atoms with E-state index in [0.29, 0.717) is 0 Å². The van der Waals surface area contributed by atoms with Crippen molar-refractivity contribution in [3.63, 3.8) is 0 Å². The Balaban J connectivity index is 2.22. The van der Waals surface area contributed by atoms with Crippen molar-refractivity contribution in [1.29, 1.82) is 0 Å². The normalized spacial score (nSPS) is 36.8. The molecule has 3 atom stereocenters. The first-order valence-electron chi connectivity index (χ1n) is 8.45. The van der Waals surface area contributed by atoms with Gasteiger partial charge >= 0.3 is 0 Å². The molecular weight excluding hydrogens is 280 g/mol. The van der Waals surface area contributed by atoms with Gasteiger partial charge in [0.25, 0.3) is 0 Å². The lowest BCUT2D eigenvalue weighted by atomic mass is 9.97. The Morgan fingerprint density at radius 2 is 1.50 bits per heavy atom. The summed E-state index contributed by atoms with van der Waals surface area (Å²) in [6, 6.07) is 0. The third kappa shape index (κ3) is 3.29. The van der Waals surface area contributed by atoms with Gasteiger partial charge in [-0.2, -0.15) is 0 Å². The largest absolute Gasteiger partial charge is 0.379 e. The number of ether oxygens (including phenoxy) is 2. The average Bonchev–Trinajstić information content (AvgIpc) is 2.48. The molecule has 2 aliphatic heterocycles. The molecule has 116 valence electrons. The Bertz CT molecular complexity index is 318. The monoisotopic (exact) mass is 312 g/mol.